The number of hydrogen-bond donors (Lipinski definition) is 1. The third-order valence-corrected chi connectivity index (χ3v) is 3.27. The SMILES string of the molecule is CCc1ccc(/C=C/C(=O)Nc2cccc(C(F)(F)F)c2)cc1. The van der Waals surface area contributed by atoms with Crippen molar-refractivity contribution in [2.45, 2.75) is 19.5 Å². The van der Waals surface area contributed by atoms with E-state index in [1.807, 2.05) is 31.2 Å². The lowest BCUT2D eigenvalue weighted by molar-refractivity contribution is -0.137. The van der Waals surface area contributed by atoms with Gasteiger partial charge in [0, 0.05) is 11.8 Å². The lowest BCUT2D eigenvalue weighted by Gasteiger charge is -2.08. The van der Waals surface area contributed by atoms with Gasteiger partial charge >= 0.3 is 6.18 Å². The fourth-order valence-corrected chi connectivity index (χ4v) is 1.99. The standard InChI is InChI=1S/C18H16F3NO/c1-2-13-6-8-14(9-7-13)10-11-17(23)22-16-5-3-4-15(12-16)18(19,20)21/h3-12H,2H2,1H3,(H,22,23)/b11-10+. The van der Waals surface area contributed by atoms with E-state index >= 15 is 0 Å². The number of rotatable bonds is 4. The van der Waals surface area contributed by atoms with E-state index in [0.29, 0.717) is 0 Å². The second kappa shape index (κ2) is 7.13. The Bertz CT molecular complexity index is 703. The number of alkyl halides is 3. The van der Waals surface area contributed by atoms with Crippen LogP contribution in [0.3, 0.4) is 0 Å². The normalized spacial score (nSPS) is 11.7. The average molecular weight is 319 g/mol. The molecule has 2 aromatic rings. The Labute approximate surface area is 132 Å². The van der Waals surface area contributed by atoms with E-state index < -0.39 is 17.6 Å². The van der Waals surface area contributed by atoms with Gasteiger partial charge in [-0.15, -0.1) is 0 Å². The van der Waals surface area contributed by atoms with Gasteiger partial charge in [0.1, 0.15) is 0 Å². The average Bonchev–Trinajstić information content (AvgIpc) is 2.53. The number of benzene rings is 2. The molecule has 120 valence electrons. The monoisotopic (exact) mass is 319 g/mol. The fraction of sp³-hybridized carbons (Fsp3) is 0.167. The molecule has 0 aromatic heterocycles. The second-order valence-corrected chi connectivity index (χ2v) is 5.00. The minimum absolute atomic E-state index is 0.107. The number of carbonyl (C=O) groups is 1. The number of carbonyl (C=O) groups excluding carboxylic acids is 1. The molecule has 0 aliphatic heterocycles. The summed E-state index contributed by atoms with van der Waals surface area (Å²) in [5, 5.41) is 2.42. The van der Waals surface area contributed by atoms with E-state index in [1.54, 1.807) is 6.08 Å². The zero-order valence-corrected chi connectivity index (χ0v) is 12.5. The molecule has 0 heterocycles. The summed E-state index contributed by atoms with van der Waals surface area (Å²) in [6.45, 7) is 2.05. The molecule has 0 aliphatic rings. The lowest BCUT2D eigenvalue weighted by Crippen LogP contribution is -2.10. The predicted molar refractivity (Wildman–Crippen MR) is 84.9 cm³/mol. The van der Waals surface area contributed by atoms with Crippen LogP contribution in [-0.2, 0) is 17.4 Å². The molecule has 0 unspecified atom stereocenters. The molecule has 0 spiro atoms. The highest BCUT2D eigenvalue weighted by molar-refractivity contribution is 6.01. The summed E-state index contributed by atoms with van der Waals surface area (Å²) in [6, 6.07) is 12.2. The van der Waals surface area contributed by atoms with Crippen LogP contribution in [0.15, 0.2) is 54.6 Å². The molecular weight excluding hydrogens is 303 g/mol. The molecule has 0 aliphatic carbocycles. The van der Waals surface area contributed by atoms with Crippen molar-refractivity contribution in [3.05, 3.63) is 71.3 Å². The van der Waals surface area contributed by atoms with E-state index in [-0.39, 0.29) is 5.69 Å². The molecular formula is C18H16F3NO. The lowest BCUT2D eigenvalue weighted by atomic mass is 10.1. The van der Waals surface area contributed by atoms with Crippen LogP contribution in [0.25, 0.3) is 6.08 Å². The molecule has 0 saturated carbocycles. The summed E-state index contributed by atoms with van der Waals surface area (Å²) in [6.07, 6.45) is -0.596. The summed E-state index contributed by atoms with van der Waals surface area (Å²) in [5.74, 6) is -0.483. The summed E-state index contributed by atoms with van der Waals surface area (Å²) in [7, 11) is 0. The van der Waals surface area contributed by atoms with Crippen LogP contribution in [0.1, 0.15) is 23.6 Å². The third-order valence-electron chi connectivity index (χ3n) is 3.27. The molecule has 0 fully saturated rings. The van der Waals surface area contributed by atoms with Gasteiger partial charge in [0.2, 0.25) is 5.91 Å². The van der Waals surface area contributed by atoms with Crippen LogP contribution in [0.2, 0.25) is 0 Å². The van der Waals surface area contributed by atoms with Crippen LogP contribution in [0.5, 0.6) is 0 Å². The molecule has 1 N–H and O–H groups in total. The quantitative estimate of drug-likeness (QED) is 0.796. The van der Waals surface area contributed by atoms with E-state index in [0.717, 1.165) is 24.1 Å². The first-order chi connectivity index (χ1) is 10.9. The smallest absolute Gasteiger partial charge is 0.322 e. The molecule has 2 rings (SSSR count). The molecule has 0 bridgehead atoms. The Hall–Kier alpha value is -2.56. The van der Waals surface area contributed by atoms with Gasteiger partial charge in [-0.2, -0.15) is 13.2 Å². The molecule has 2 nitrogen and oxygen atoms in total. The summed E-state index contributed by atoms with van der Waals surface area (Å²) in [5.41, 5.74) is 1.35. The third kappa shape index (κ3) is 4.98. The fourth-order valence-electron chi connectivity index (χ4n) is 1.99. The zero-order valence-electron chi connectivity index (χ0n) is 12.5. The van der Waals surface area contributed by atoms with Crippen molar-refractivity contribution in [2.75, 3.05) is 5.32 Å². The van der Waals surface area contributed by atoms with Gasteiger partial charge in [0.05, 0.1) is 5.56 Å². The van der Waals surface area contributed by atoms with Crippen LogP contribution >= 0.6 is 0 Å². The highest BCUT2D eigenvalue weighted by atomic mass is 19.4. The maximum absolute atomic E-state index is 12.6. The van der Waals surface area contributed by atoms with Crippen LogP contribution in [-0.4, -0.2) is 5.91 Å². The number of hydrogen-bond acceptors (Lipinski definition) is 1. The van der Waals surface area contributed by atoms with E-state index in [2.05, 4.69) is 5.32 Å². The van der Waals surface area contributed by atoms with Gasteiger partial charge in [-0.1, -0.05) is 37.3 Å². The van der Waals surface area contributed by atoms with E-state index in [4.69, 9.17) is 0 Å². The summed E-state index contributed by atoms with van der Waals surface area (Å²) < 4.78 is 37.8. The number of nitrogens with one attached hydrogen (secondary N) is 1. The Morgan fingerprint density at radius 1 is 1.13 bits per heavy atom. The molecule has 0 radical (unpaired) electrons. The highest BCUT2D eigenvalue weighted by Crippen LogP contribution is 2.30. The van der Waals surface area contributed by atoms with Crippen molar-refractivity contribution >= 4 is 17.7 Å². The summed E-state index contributed by atoms with van der Waals surface area (Å²) >= 11 is 0. The van der Waals surface area contributed by atoms with E-state index in [1.165, 1.54) is 23.8 Å². The number of anilines is 1. The Morgan fingerprint density at radius 2 is 1.83 bits per heavy atom. The highest BCUT2D eigenvalue weighted by Gasteiger charge is 2.30. The number of amides is 1. The zero-order chi connectivity index (χ0) is 16.9. The molecule has 2 aromatic carbocycles. The van der Waals surface area contributed by atoms with E-state index in [9.17, 15) is 18.0 Å². The summed E-state index contributed by atoms with van der Waals surface area (Å²) in [4.78, 5) is 11.8. The Kier molecular flexibility index (Phi) is 5.21. The van der Waals surface area contributed by atoms with Crippen molar-refractivity contribution in [3.8, 4) is 0 Å². The number of halogens is 3. The maximum Gasteiger partial charge on any atom is 0.416 e. The van der Waals surface area contributed by atoms with Crippen LogP contribution in [0.4, 0.5) is 18.9 Å². The molecule has 1 amide bonds. The van der Waals surface area contributed by atoms with Crippen molar-refractivity contribution in [2.24, 2.45) is 0 Å². The molecule has 23 heavy (non-hydrogen) atoms. The van der Waals surface area contributed by atoms with Gasteiger partial charge < -0.3 is 5.32 Å². The first kappa shape index (κ1) is 16.8. The van der Waals surface area contributed by atoms with Gasteiger partial charge in [-0.25, -0.2) is 0 Å². The topological polar surface area (TPSA) is 29.1 Å². The minimum atomic E-state index is -4.43. The Balaban J connectivity index is 2.03. The first-order valence-corrected chi connectivity index (χ1v) is 7.14. The van der Waals surface area contributed by atoms with Gasteiger partial charge in [-0.05, 0) is 41.8 Å². The molecule has 0 atom stereocenters. The maximum atomic E-state index is 12.6. The second-order valence-electron chi connectivity index (χ2n) is 5.00. The Morgan fingerprint density at radius 3 is 2.43 bits per heavy atom. The van der Waals surface area contributed by atoms with Crippen molar-refractivity contribution in [3.63, 3.8) is 0 Å². The molecule has 0 saturated heterocycles. The number of aryl methyl sites for hydroxylation is 1. The van der Waals surface area contributed by atoms with Crippen molar-refractivity contribution in [1.82, 2.24) is 0 Å². The molecule has 5 heteroatoms. The minimum Gasteiger partial charge on any atom is -0.322 e. The van der Waals surface area contributed by atoms with Crippen LogP contribution < -0.4 is 5.32 Å². The van der Waals surface area contributed by atoms with Crippen molar-refractivity contribution < 1.29 is 18.0 Å². The predicted octanol–water partition coefficient (Wildman–Crippen LogP) is 4.92. The van der Waals surface area contributed by atoms with Gasteiger partial charge in [0.25, 0.3) is 0 Å². The van der Waals surface area contributed by atoms with Gasteiger partial charge in [0.15, 0.2) is 0 Å². The van der Waals surface area contributed by atoms with Crippen LogP contribution in [0, 0.1) is 0 Å². The first-order valence-electron chi connectivity index (χ1n) is 7.14. The van der Waals surface area contributed by atoms with Crippen molar-refractivity contribution in [1.29, 1.82) is 0 Å². The van der Waals surface area contributed by atoms with Gasteiger partial charge in [-0.3, -0.25) is 4.79 Å². The largest absolute Gasteiger partial charge is 0.416 e.